The second kappa shape index (κ2) is 15.6. The van der Waals surface area contributed by atoms with Crippen LogP contribution in [0.2, 0.25) is 0 Å². The van der Waals surface area contributed by atoms with Crippen molar-refractivity contribution in [3.05, 3.63) is 101 Å². The fourth-order valence-electron chi connectivity index (χ4n) is 7.33. The molecular weight excluding hydrogens is 807 g/mol. The van der Waals surface area contributed by atoms with E-state index in [0.29, 0.717) is 5.92 Å². The maximum absolute atomic E-state index is 12.2. The number of fused-ring (bicyclic) bond motifs is 6. The number of ketones is 1. The molecule has 1 radical (unpaired) electrons. The summed E-state index contributed by atoms with van der Waals surface area (Å²) < 4.78 is 6.49. The number of aryl methyl sites for hydroxylation is 1. The molecule has 0 atom stereocenters. The number of para-hydroxylation sites is 1. The molecule has 0 saturated heterocycles. The molecule has 1 aliphatic carbocycles. The Kier molecular flexibility index (Phi) is 12.3. The van der Waals surface area contributed by atoms with Gasteiger partial charge in [0.2, 0.25) is 0 Å². The molecule has 0 spiro atoms. The predicted molar refractivity (Wildman–Crippen MR) is 210 cm³/mol. The van der Waals surface area contributed by atoms with Gasteiger partial charge >= 0.3 is 0 Å². The third kappa shape index (κ3) is 7.53. The van der Waals surface area contributed by atoms with Gasteiger partial charge in [0.15, 0.2) is 5.78 Å². The molecule has 0 bridgehead atoms. The van der Waals surface area contributed by atoms with Gasteiger partial charge in [-0.3, -0.25) is 4.79 Å². The minimum Gasteiger partial charge on any atom is -0.512 e. The van der Waals surface area contributed by atoms with Crippen LogP contribution in [0.15, 0.2) is 76.9 Å². The van der Waals surface area contributed by atoms with E-state index < -0.39 is 0 Å². The van der Waals surface area contributed by atoms with Crippen LogP contribution in [0.4, 0.5) is 0 Å². The molecule has 0 fully saturated rings. The first-order chi connectivity index (χ1) is 23.6. The van der Waals surface area contributed by atoms with Crippen molar-refractivity contribution in [1.82, 2.24) is 4.98 Å². The summed E-state index contributed by atoms with van der Waals surface area (Å²) in [5.74, 6) is 1.88. The van der Waals surface area contributed by atoms with E-state index in [2.05, 4.69) is 89.2 Å². The Bertz CT molecular complexity index is 2060. The van der Waals surface area contributed by atoms with Crippen LogP contribution in [0, 0.1) is 29.7 Å². The van der Waals surface area contributed by atoms with E-state index in [1.807, 2.05) is 53.7 Å². The summed E-state index contributed by atoms with van der Waals surface area (Å²) in [6.45, 7) is 23.3. The molecule has 5 heteroatoms. The molecule has 273 valence electrons. The van der Waals surface area contributed by atoms with E-state index in [0.717, 1.165) is 66.0 Å². The molecule has 2 heterocycles. The maximum atomic E-state index is 12.2. The van der Waals surface area contributed by atoms with Gasteiger partial charge in [-0.1, -0.05) is 111 Å². The van der Waals surface area contributed by atoms with Gasteiger partial charge < -0.3 is 14.5 Å². The van der Waals surface area contributed by atoms with Crippen molar-refractivity contribution < 1.29 is 34.4 Å². The van der Waals surface area contributed by atoms with Crippen LogP contribution in [0.3, 0.4) is 0 Å². The van der Waals surface area contributed by atoms with E-state index >= 15 is 0 Å². The molecule has 0 aliphatic heterocycles. The molecule has 5 aromatic rings. The smallest absolute Gasteiger partial charge is 0.164 e. The number of furan rings is 1. The molecule has 51 heavy (non-hydrogen) atoms. The van der Waals surface area contributed by atoms with Crippen molar-refractivity contribution in [1.29, 1.82) is 0 Å². The van der Waals surface area contributed by atoms with Gasteiger partial charge in [0.05, 0.1) is 5.76 Å². The Morgan fingerprint density at radius 1 is 0.941 bits per heavy atom. The van der Waals surface area contributed by atoms with Crippen molar-refractivity contribution in [2.45, 2.75) is 114 Å². The number of benzene rings is 3. The number of aromatic nitrogens is 1. The standard InChI is InChI=1S/C31H28NO.C15H28O2.Ir/c1-18(2)15-20-13-14-22-21(17-20)16-19(3)32-29(22)24-10-8-11-25-27(24)30-28(31(25,4)5)23-9-6-7-12-26(23)33-30;1-7-14(5,8-2)12(16)11-13(17)15(6,9-3)10-4;/h6-9,11-14,16-18H,15H2,1-5H3;11,16H,7-10H2,1-6H3;/q-1;;/b;12-11-;. The Balaban J connectivity index is 0.000000279. The predicted octanol–water partition coefficient (Wildman–Crippen LogP) is 12.9. The number of aliphatic hydroxyl groups excluding tert-OH is 1. The summed E-state index contributed by atoms with van der Waals surface area (Å²) in [4.78, 5) is 17.2. The van der Waals surface area contributed by atoms with Gasteiger partial charge in [-0.25, -0.2) is 0 Å². The normalized spacial score (nSPS) is 13.8. The SMILES string of the molecule is CCC(C)(CC)C(=O)/C=C(\O)C(C)(CC)CC.Cc1cc2cc(CC(C)C)ccc2c(-c2[c-]ccc3c2-c2oc4ccccc4c2C3(C)C)n1.[Ir]. The molecule has 1 N–H and O–H groups in total. The second-order valence-electron chi connectivity index (χ2n) is 15.8. The van der Waals surface area contributed by atoms with E-state index in [4.69, 9.17) is 9.40 Å². The molecule has 0 amide bonds. The molecule has 2 aromatic heterocycles. The third-order valence-corrected chi connectivity index (χ3v) is 11.6. The fourth-order valence-corrected chi connectivity index (χ4v) is 7.33. The average Bonchev–Trinajstić information content (AvgIpc) is 3.60. The molecule has 6 rings (SSSR count). The van der Waals surface area contributed by atoms with Crippen molar-refractivity contribution in [3.8, 4) is 22.6 Å². The molecule has 4 nitrogen and oxygen atoms in total. The fraction of sp³-hybridized carbons (Fsp3) is 0.435. The summed E-state index contributed by atoms with van der Waals surface area (Å²) in [7, 11) is 0. The number of nitrogens with zero attached hydrogens (tertiary/aromatic N) is 1. The number of carbonyl (C=O) groups excluding carboxylic acids is 1. The molecular formula is C46H56IrNO3-. The number of carbonyl (C=O) groups is 1. The van der Waals surface area contributed by atoms with Crippen LogP contribution in [-0.4, -0.2) is 15.9 Å². The average molecular weight is 863 g/mol. The minimum absolute atomic E-state index is 0. The Hall–Kier alpha value is -3.53. The van der Waals surface area contributed by atoms with Gasteiger partial charge in [-0.05, 0) is 79.1 Å². The molecule has 0 saturated carbocycles. The number of pyridine rings is 1. The number of aliphatic hydroxyl groups is 1. The second-order valence-corrected chi connectivity index (χ2v) is 15.8. The zero-order valence-corrected chi connectivity index (χ0v) is 34.9. The first kappa shape index (κ1) is 40.2. The topological polar surface area (TPSA) is 63.3 Å². The largest absolute Gasteiger partial charge is 0.512 e. The quantitative estimate of drug-likeness (QED) is 0.0863. The summed E-state index contributed by atoms with van der Waals surface area (Å²) in [6.07, 6.45) is 5.83. The van der Waals surface area contributed by atoms with E-state index in [9.17, 15) is 9.90 Å². The van der Waals surface area contributed by atoms with Gasteiger partial charge in [0, 0.05) is 59.1 Å². The van der Waals surface area contributed by atoms with Gasteiger partial charge in [0.1, 0.15) is 11.3 Å². The number of hydrogen-bond acceptors (Lipinski definition) is 4. The molecule has 0 unspecified atom stereocenters. The van der Waals surface area contributed by atoms with Crippen LogP contribution in [0.25, 0.3) is 44.3 Å². The van der Waals surface area contributed by atoms with Crippen LogP contribution in [0.5, 0.6) is 0 Å². The van der Waals surface area contributed by atoms with Crippen LogP contribution < -0.4 is 0 Å². The zero-order chi connectivity index (χ0) is 36.6. The van der Waals surface area contributed by atoms with Crippen LogP contribution in [0.1, 0.15) is 117 Å². The van der Waals surface area contributed by atoms with Crippen molar-refractivity contribution >= 4 is 27.5 Å². The summed E-state index contributed by atoms with van der Waals surface area (Å²) in [6, 6.07) is 25.2. The molecule has 3 aromatic carbocycles. The minimum atomic E-state index is -0.337. The van der Waals surface area contributed by atoms with Gasteiger partial charge in [-0.15, -0.1) is 29.3 Å². The Labute approximate surface area is 319 Å². The van der Waals surface area contributed by atoms with E-state index in [-0.39, 0.29) is 47.9 Å². The van der Waals surface area contributed by atoms with Crippen molar-refractivity contribution in [2.75, 3.05) is 0 Å². The van der Waals surface area contributed by atoms with Gasteiger partial charge in [0.25, 0.3) is 0 Å². The summed E-state index contributed by atoms with van der Waals surface area (Å²) >= 11 is 0. The Morgan fingerprint density at radius 2 is 1.59 bits per heavy atom. The van der Waals surface area contributed by atoms with E-state index in [1.54, 1.807) is 0 Å². The number of allylic oxidation sites excluding steroid dienone is 2. The van der Waals surface area contributed by atoms with Crippen LogP contribution in [-0.2, 0) is 36.7 Å². The first-order valence-electron chi connectivity index (χ1n) is 18.6. The maximum Gasteiger partial charge on any atom is 0.164 e. The monoisotopic (exact) mass is 863 g/mol. The number of rotatable bonds is 10. The van der Waals surface area contributed by atoms with Crippen LogP contribution >= 0.6 is 0 Å². The van der Waals surface area contributed by atoms with Crippen molar-refractivity contribution in [2.24, 2.45) is 16.7 Å². The third-order valence-electron chi connectivity index (χ3n) is 11.6. The zero-order valence-electron chi connectivity index (χ0n) is 32.5. The molecule has 1 aliphatic rings. The number of hydrogen-bond donors (Lipinski definition) is 1. The van der Waals surface area contributed by atoms with E-state index in [1.165, 1.54) is 38.9 Å². The first-order valence-corrected chi connectivity index (χ1v) is 18.6. The Morgan fingerprint density at radius 3 is 2.22 bits per heavy atom. The van der Waals surface area contributed by atoms with Crippen molar-refractivity contribution in [3.63, 3.8) is 0 Å². The van der Waals surface area contributed by atoms with Gasteiger partial charge in [-0.2, -0.15) is 0 Å². The summed E-state index contributed by atoms with van der Waals surface area (Å²) in [5, 5.41) is 13.7. The summed E-state index contributed by atoms with van der Waals surface area (Å²) in [5.41, 5.74) is 8.29.